The normalized spacial score (nSPS) is 21.1. The van der Waals surface area contributed by atoms with Crippen molar-refractivity contribution in [3.05, 3.63) is 71.8 Å². The first kappa shape index (κ1) is 23.3. The molecule has 0 aliphatic carbocycles. The predicted octanol–water partition coefficient (Wildman–Crippen LogP) is 7.73. The van der Waals surface area contributed by atoms with Crippen molar-refractivity contribution in [2.45, 2.75) is 77.7 Å². The molecule has 1 aliphatic heterocycles. The third-order valence-corrected chi connectivity index (χ3v) is 5.88. The Hall–Kier alpha value is -0.951. The van der Waals surface area contributed by atoms with Crippen LogP contribution in [-0.4, -0.2) is 5.54 Å². The van der Waals surface area contributed by atoms with Gasteiger partial charge in [0.2, 0.25) is 0 Å². The second-order valence-corrected chi connectivity index (χ2v) is 9.37. The third-order valence-electron chi connectivity index (χ3n) is 5.88. The quantitative estimate of drug-likeness (QED) is 0.342. The second-order valence-electron chi connectivity index (χ2n) is 9.37. The first-order chi connectivity index (χ1) is 13.2. The van der Waals surface area contributed by atoms with Crippen molar-refractivity contribution < 1.29 is 15.1 Å². The maximum absolute atomic E-state index is 4.20. The number of halogens is 1. The van der Waals surface area contributed by atoms with E-state index in [0.717, 1.165) is 6.42 Å². The second kappa shape index (κ2) is 9.24. The van der Waals surface area contributed by atoms with Crippen LogP contribution in [0.25, 0.3) is 0 Å². The first-order valence-electron chi connectivity index (χ1n) is 10.1. The summed E-state index contributed by atoms with van der Waals surface area (Å²) < 4.78 is 0. The van der Waals surface area contributed by atoms with E-state index in [-0.39, 0.29) is 11.0 Å². The molecule has 0 saturated carbocycles. The van der Waals surface area contributed by atoms with Crippen molar-refractivity contribution in [2.24, 2.45) is 0 Å². The van der Waals surface area contributed by atoms with E-state index in [4.69, 9.17) is 0 Å². The van der Waals surface area contributed by atoms with Crippen LogP contribution in [-0.2, 0) is 20.5 Å². The van der Waals surface area contributed by atoms with Crippen molar-refractivity contribution in [3.8, 4) is 0 Å². The molecule has 1 fully saturated rings. The fourth-order valence-corrected chi connectivity index (χ4v) is 4.64. The summed E-state index contributed by atoms with van der Waals surface area (Å²) in [5.74, 6) is 1.02. The molecule has 1 nitrogen and oxygen atoms in total. The zero-order valence-corrected chi connectivity index (χ0v) is 19.9. The molecule has 0 aromatic heterocycles. The van der Waals surface area contributed by atoms with Crippen LogP contribution in [0.2, 0.25) is 0 Å². The monoisotopic (exact) mass is 446 g/mol. The van der Waals surface area contributed by atoms with Gasteiger partial charge in [0.15, 0.2) is 0 Å². The standard InChI is InChI=1S/C25H34N.ClH.Cu/c1-18(2)21-14-11-15-22(19(3)4)23(21)26-17-25(7,16-24(26,5)6)20-12-9-8-10-13-20;;/h8-15,17-19H,16H2,1-7H3;1H;/q-1;;+2/p-1/t25-;;/m0../s1. The fourth-order valence-electron chi connectivity index (χ4n) is 4.64. The van der Waals surface area contributed by atoms with Gasteiger partial charge in [-0.25, -0.2) is 6.54 Å². The summed E-state index contributed by atoms with van der Waals surface area (Å²) in [6.45, 7) is 18.9. The van der Waals surface area contributed by atoms with E-state index in [9.17, 15) is 0 Å². The van der Waals surface area contributed by atoms with Crippen molar-refractivity contribution >= 4 is 15.8 Å². The summed E-state index contributed by atoms with van der Waals surface area (Å²) in [5, 5.41) is 0. The van der Waals surface area contributed by atoms with E-state index in [1.807, 2.05) is 0 Å². The Kier molecular flexibility index (Phi) is 7.70. The van der Waals surface area contributed by atoms with Crippen LogP contribution >= 0.6 is 10.1 Å². The predicted molar refractivity (Wildman–Crippen MR) is 120 cm³/mol. The SMILES string of the molecule is CC(C)c1cccc(C(C)C)c1N1[CH-][C@@](C)(c2ccccc2)CC1(C)C.[Cl][Cu+]. The van der Waals surface area contributed by atoms with Crippen molar-refractivity contribution in [2.75, 3.05) is 4.90 Å². The topological polar surface area (TPSA) is 3.24 Å². The van der Waals surface area contributed by atoms with E-state index in [2.05, 4.69) is 134 Å². The molecule has 0 unspecified atom stereocenters. The van der Waals surface area contributed by atoms with Gasteiger partial charge in [0, 0.05) is 11.2 Å². The number of benzene rings is 2. The summed E-state index contributed by atoms with van der Waals surface area (Å²) in [6.07, 6.45) is 1.12. The summed E-state index contributed by atoms with van der Waals surface area (Å²) in [5.41, 5.74) is 5.89. The molecule has 28 heavy (non-hydrogen) atoms. The maximum atomic E-state index is 4.20. The molecule has 0 spiro atoms. The summed E-state index contributed by atoms with van der Waals surface area (Å²) in [7, 11) is 4.20. The van der Waals surface area contributed by atoms with Crippen LogP contribution in [0.1, 0.15) is 83.4 Å². The number of rotatable bonds is 4. The average molecular weight is 448 g/mol. The Morgan fingerprint density at radius 3 is 1.82 bits per heavy atom. The molecule has 0 amide bonds. The molecule has 3 heteroatoms. The van der Waals surface area contributed by atoms with Gasteiger partial charge in [-0.05, 0) is 43.2 Å². The van der Waals surface area contributed by atoms with Gasteiger partial charge in [0.1, 0.15) is 0 Å². The molecular formula is C25H34ClCuN. The van der Waals surface area contributed by atoms with Gasteiger partial charge < -0.3 is 4.90 Å². The van der Waals surface area contributed by atoms with Gasteiger partial charge >= 0.3 is 25.2 Å². The molecule has 2 aromatic rings. The van der Waals surface area contributed by atoms with E-state index in [1.165, 1.54) is 22.4 Å². The zero-order valence-electron chi connectivity index (χ0n) is 18.2. The Morgan fingerprint density at radius 2 is 1.36 bits per heavy atom. The van der Waals surface area contributed by atoms with E-state index in [0.29, 0.717) is 11.8 Å². The van der Waals surface area contributed by atoms with Crippen LogP contribution in [0.3, 0.4) is 0 Å². The van der Waals surface area contributed by atoms with Gasteiger partial charge in [-0.3, -0.25) is 0 Å². The fraction of sp³-hybridized carbons (Fsp3) is 0.480. The molecule has 0 radical (unpaired) electrons. The Balaban J connectivity index is 0.00000136. The van der Waals surface area contributed by atoms with Crippen molar-refractivity contribution in [1.82, 2.24) is 0 Å². The third kappa shape index (κ3) is 4.61. The van der Waals surface area contributed by atoms with E-state index in [1.54, 1.807) is 0 Å². The Labute approximate surface area is 184 Å². The number of nitrogens with zero attached hydrogens (tertiary/aromatic N) is 1. The number of hydrogen-bond donors (Lipinski definition) is 0. The number of hydrogen-bond acceptors (Lipinski definition) is 1. The van der Waals surface area contributed by atoms with E-state index < -0.39 is 0 Å². The van der Waals surface area contributed by atoms with Gasteiger partial charge in [0.25, 0.3) is 0 Å². The zero-order chi connectivity index (χ0) is 21.1. The molecule has 1 heterocycles. The molecule has 3 rings (SSSR count). The molecular weight excluding hydrogens is 413 g/mol. The summed E-state index contributed by atoms with van der Waals surface area (Å²) in [4.78, 5) is 2.59. The number of para-hydroxylation sites is 1. The minimum atomic E-state index is 0.0586. The minimum absolute atomic E-state index is 0.0586. The first-order valence-corrected chi connectivity index (χ1v) is 11.4. The average Bonchev–Trinajstić information content (AvgIpc) is 2.93. The molecule has 157 valence electrons. The van der Waals surface area contributed by atoms with Crippen LogP contribution in [0.15, 0.2) is 48.5 Å². The van der Waals surface area contributed by atoms with Crippen LogP contribution in [0.4, 0.5) is 5.69 Å². The summed E-state index contributed by atoms with van der Waals surface area (Å²) in [6, 6.07) is 17.8. The van der Waals surface area contributed by atoms with Crippen LogP contribution in [0, 0.1) is 6.54 Å². The van der Waals surface area contributed by atoms with Crippen molar-refractivity contribution in [3.63, 3.8) is 0 Å². The molecule has 2 aromatic carbocycles. The van der Waals surface area contributed by atoms with Crippen LogP contribution in [0.5, 0.6) is 0 Å². The molecule has 0 bridgehead atoms. The Morgan fingerprint density at radius 1 is 0.857 bits per heavy atom. The van der Waals surface area contributed by atoms with Crippen LogP contribution < -0.4 is 4.90 Å². The molecule has 1 saturated heterocycles. The van der Waals surface area contributed by atoms with Gasteiger partial charge in [-0.2, -0.15) is 0 Å². The van der Waals surface area contributed by atoms with Gasteiger partial charge in [0.05, 0.1) is 0 Å². The van der Waals surface area contributed by atoms with Gasteiger partial charge in [-0.1, -0.05) is 88.7 Å². The molecule has 1 atom stereocenters. The summed E-state index contributed by atoms with van der Waals surface area (Å²) >= 11 is 3.66. The van der Waals surface area contributed by atoms with Crippen molar-refractivity contribution in [1.29, 1.82) is 0 Å². The van der Waals surface area contributed by atoms with Gasteiger partial charge in [-0.15, -0.1) is 5.41 Å². The molecule has 1 aliphatic rings. The Bertz CT molecular complexity index is 743. The molecule has 0 N–H and O–H groups in total. The number of anilines is 1. The van der Waals surface area contributed by atoms with E-state index >= 15 is 0 Å².